The lowest BCUT2D eigenvalue weighted by atomic mass is 9.72. The molecular formula is C72H81N3O4. The summed E-state index contributed by atoms with van der Waals surface area (Å²) in [5.41, 5.74) is 19.4. The molecule has 0 saturated heterocycles. The number of hydrogen-bond acceptors (Lipinski definition) is 7. The Morgan fingerprint density at radius 2 is 0.759 bits per heavy atom. The van der Waals surface area contributed by atoms with E-state index in [1.807, 2.05) is 0 Å². The third-order valence-corrected chi connectivity index (χ3v) is 21.0. The summed E-state index contributed by atoms with van der Waals surface area (Å²) >= 11 is 0. The second-order valence-corrected chi connectivity index (χ2v) is 30.7. The van der Waals surface area contributed by atoms with Crippen molar-refractivity contribution in [1.29, 1.82) is 0 Å². The van der Waals surface area contributed by atoms with Crippen LogP contribution in [0, 0.1) is 12.8 Å². The van der Waals surface area contributed by atoms with E-state index in [0.29, 0.717) is 5.76 Å². The fourth-order valence-corrected chi connectivity index (χ4v) is 17.0. The minimum absolute atomic E-state index is 0.00442. The standard InChI is InChI=1S/C69H77N3O4.C3H4/c1-36-19-38-44(68(32-62(38,7)8)33-63(9,10)41-23-52-53(25-45(41)68)72-51-22-40-39(21-50(51)71-52)60(3,4)31-61(40,5)6)24-48(36)70-49-30-57-54(20-37(49)2)73-55-26-42-46(28-56(55)74-57)69(34-64(42,11)12)35-65(13,14)43-27-58-59(29-47(43)69)76-67(17,18)66(15,16)75-58;1-2-3-1/h19-30,37H,31-35H2,1-18H3;1-2H,3H2. The summed E-state index contributed by atoms with van der Waals surface area (Å²) in [7, 11) is 0. The van der Waals surface area contributed by atoms with Gasteiger partial charge in [-0.05, 0) is 228 Å². The Hall–Kier alpha value is -6.21. The highest BCUT2D eigenvalue weighted by Gasteiger charge is 2.59. The van der Waals surface area contributed by atoms with Gasteiger partial charge in [0.1, 0.15) is 11.2 Å². The first-order valence-corrected chi connectivity index (χ1v) is 29.5. The zero-order valence-corrected chi connectivity index (χ0v) is 50.4. The number of aryl methyl sites for hydroxylation is 1. The quantitative estimate of drug-likeness (QED) is 0.121. The number of fused-ring (bicyclic) bond motifs is 14. The molecule has 6 aromatic rings. The SMILES string of the molecule is C1=CC1.Cc1cc2c(cc1N=C1C=C3Oc4cc5c(cc4OC3=CC1C)C(C)(C)CC51CC(C)(C)c3cc4c(cc31)OC(C)(C)C(C)(C)O4)C1(CC2(C)C)CC(C)(C)c2cc3nc4cc5c(cc4nc3cc21)C(C)(C)CC5(C)C. The van der Waals surface area contributed by atoms with Crippen molar-refractivity contribution in [1.82, 2.24) is 9.97 Å². The number of allylic oxidation sites excluding steroid dienone is 4. The molecule has 0 fully saturated rings. The molecule has 7 aliphatic carbocycles. The number of aromatic nitrogens is 2. The minimum Gasteiger partial charge on any atom is -0.480 e. The molecule has 2 aliphatic heterocycles. The average molecular weight is 1050 g/mol. The molecule has 9 aliphatic rings. The number of benzene rings is 5. The van der Waals surface area contributed by atoms with Crippen molar-refractivity contribution in [3.05, 3.63) is 158 Å². The smallest absolute Gasteiger partial charge is 0.171 e. The fraction of sp³-hybridized carbons (Fsp3) is 0.486. The number of hydrogen-bond donors (Lipinski definition) is 0. The first-order chi connectivity index (χ1) is 36.7. The van der Waals surface area contributed by atoms with Gasteiger partial charge in [0.25, 0.3) is 0 Å². The Labute approximate surface area is 469 Å². The first-order valence-electron chi connectivity index (χ1n) is 29.5. The molecule has 5 aromatic carbocycles. The van der Waals surface area contributed by atoms with Crippen LogP contribution in [0.15, 0.2) is 101 Å². The largest absolute Gasteiger partial charge is 0.480 e. The third kappa shape index (κ3) is 7.24. The van der Waals surface area contributed by atoms with Crippen molar-refractivity contribution in [2.75, 3.05) is 0 Å². The van der Waals surface area contributed by atoms with Gasteiger partial charge in [-0.1, -0.05) is 108 Å². The Morgan fingerprint density at radius 3 is 1.23 bits per heavy atom. The van der Waals surface area contributed by atoms with E-state index in [0.717, 1.165) is 94.3 Å². The van der Waals surface area contributed by atoms with Gasteiger partial charge in [-0.2, -0.15) is 0 Å². The topological polar surface area (TPSA) is 75.1 Å². The van der Waals surface area contributed by atoms with E-state index in [9.17, 15) is 0 Å². The molecule has 7 nitrogen and oxygen atoms in total. The summed E-state index contributed by atoms with van der Waals surface area (Å²) < 4.78 is 27.5. The number of rotatable bonds is 1. The molecule has 3 atom stereocenters. The maximum Gasteiger partial charge on any atom is 0.171 e. The maximum absolute atomic E-state index is 7.03. The molecule has 0 radical (unpaired) electrons. The highest BCUT2D eigenvalue weighted by Crippen LogP contribution is 2.67. The molecule has 2 spiro atoms. The molecule has 7 heteroatoms. The first kappa shape index (κ1) is 51.0. The Balaban J connectivity index is 0.00000182. The van der Waals surface area contributed by atoms with Crippen molar-refractivity contribution < 1.29 is 18.9 Å². The van der Waals surface area contributed by atoms with E-state index < -0.39 is 11.2 Å². The van der Waals surface area contributed by atoms with Crippen molar-refractivity contribution in [2.45, 2.75) is 218 Å². The second kappa shape index (κ2) is 15.4. The number of ether oxygens (including phenoxy) is 4. The zero-order chi connectivity index (χ0) is 55.9. The lowest BCUT2D eigenvalue weighted by Gasteiger charge is -2.46. The zero-order valence-electron chi connectivity index (χ0n) is 50.4. The molecule has 0 bridgehead atoms. The van der Waals surface area contributed by atoms with Crippen LogP contribution in [0.2, 0.25) is 0 Å². The molecule has 79 heavy (non-hydrogen) atoms. The lowest BCUT2D eigenvalue weighted by molar-refractivity contribution is -0.0992. The van der Waals surface area contributed by atoms with E-state index in [2.05, 4.69) is 210 Å². The number of nitrogens with zero attached hydrogens (tertiary/aromatic N) is 3. The van der Waals surface area contributed by atoms with Crippen LogP contribution < -0.4 is 18.9 Å². The van der Waals surface area contributed by atoms with Gasteiger partial charge in [0.2, 0.25) is 0 Å². The van der Waals surface area contributed by atoms with E-state index in [1.54, 1.807) is 0 Å². The summed E-state index contributed by atoms with van der Waals surface area (Å²) in [6, 6.07) is 23.6. The van der Waals surface area contributed by atoms with E-state index >= 15 is 0 Å². The van der Waals surface area contributed by atoms with Crippen LogP contribution in [-0.2, 0) is 43.3 Å². The molecule has 0 N–H and O–H groups in total. The highest BCUT2D eigenvalue weighted by atomic mass is 16.6. The van der Waals surface area contributed by atoms with Gasteiger partial charge in [0.15, 0.2) is 34.5 Å². The predicted octanol–water partition coefficient (Wildman–Crippen LogP) is 17.6. The highest BCUT2D eigenvalue weighted by molar-refractivity contribution is 6.02. The van der Waals surface area contributed by atoms with Crippen LogP contribution in [0.4, 0.5) is 5.69 Å². The van der Waals surface area contributed by atoms with Crippen molar-refractivity contribution in [3.8, 4) is 23.0 Å². The molecule has 3 heterocycles. The van der Waals surface area contributed by atoms with E-state index in [-0.39, 0.29) is 49.2 Å². The van der Waals surface area contributed by atoms with E-state index in [1.165, 1.54) is 67.6 Å². The van der Waals surface area contributed by atoms with Crippen molar-refractivity contribution in [2.24, 2.45) is 10.9 Å². The van der Waals surface area contributed by atoms with Gasteiger partial charge < -0.3 is 18.9 Å². The summed E-state index contributed by atoms with van der Waals surface area (Å²) in [4.78, 5) is 16.4. The normalized spacial score (nSPS) is 27.9. The summed E-state index contributed by atoms with van der Waals surface area (Å²) in [6.07, 6.45) is 14.9. The van der Waals surface area contributed by atoms with Gasteiger partial charge in [0, 0.05) is 22.8 Å². The molecule has 15 rings (SSSR count). The van der Waals surface area contributed by atoms with Crippen LogP contribution in [0.25, 0.3) is 22.1 Å². The average Bonchev–Trinajstić information content (AvgIpc) is 2.30. The molecule has 408 valence electrons. The molecule has 1 aromatic heterocycles. The maximum atomic E-state index is 7.03. The summed E-state index contributed by atoms with van der Waals surface area (Å²) in [5, 5.41) is 0. The van der Waals surface area contributed by atoms with Crippen LogP contribution >= 0.6 is 0 Å². The lowest BCUT2D eigenvalue weighted by Crippen LogP contribution is -2.56. The van der Waals surface area contributed by atoms with Crippen LogP contribution in [0.3, 0.4) is 0 Å². The van der Waals surface area contributed by atoms with Crippen molar-refractivity contribution >= 4 is 33.5 Å². The summed E-state index contributed by atoms with van der Waals surface area (Å²) in [5.74, 6) is 4.65. The van der Waals surface area contributed by atoms with Crippen LogP contribution in [0.5, 0.6) is 23.0 Å². The van der Waals surface area contributed by atoms with Crippen LogP contribution in [-0.4, -0.2) is 26.9 Å². The number of aliphatic imine (C=N–C) groups is 1. The summed E-state index contributed by atoms with van der Waals surface area (Å²) in [6.45, 7) is 41.8. The van der Waals surface area contributed by atoms with Gasteiger partial charge >= 0.3 is 0 Å². The Bertz CT molecular complexity index is 3900. The fourth-order valence-electron chi connectivity index (χ4n) is 17.0. The molecule has 0 saturated carbocycles. The Kier molecular flexibility index (Phi) is 9.94. The third-order valence-electron chi connectivity index (χ3n) is 21.0. The molecular weight excluding hydrogens is 971 g/mol. The molecule has 0 amide bonds. The van der Waals surface area contributed by atoms with Gasteiger partial charge in [-0.3, -0.25) is 4.99 Å². The van der Waals surface area contributed by atoms with Gasteiger partial charge in [0.05, 0.1) is 33.5 Å². The minimum atomic E-state index is -0.498. The van der Waals surface area contributed by atoms with Crippen LogP contribution in [0.1, 0.15) is 217 Å². The predicted molar refractivity (Wildman–Crippen MR) is 321 cm³/mol. The second-order valence-electron chi connectivity index (χ2n) is 30.7. The van der Waals surface area contributed by atoms with Crippen molar-refractivity contribution in [3.63, 3.8) is 0 Å². The molecule has 3 unspecified atom stereocenters. The van der Waals surface area contributed by atoms with E-state index in [4.69, 9.17) is 33.9 Å². The Morgan fingerprint density at radius 1 is 0.418 bits per heavy atom. The monoisotopic (exact) mass is 1050 g/mol. The van der Waals surface area contributed by atoms with Gasteiger partial charge in [-0.25, -0.2) is 9.97 Å². The van der Waals surface area contributed by atoms with Gasteiger partial charge in [-0.15, -0.1) is 0 Å².